The van der Waals surface area contributed by atoms with Crippen LogP contribution >= 0.6 is 0 Å². The van der Waals surface area contributed by atoms with Crippen LogP contribution < -0.4 is 0 Å². The SMILES string of the molecule is CCCCCOC(=O)c1ccccc1C(=O)OC(CC)c1ccccc1. The van der Waals surface area contributed by atoms with E-state index in [0.717, 1.165) is 24.8 Å². The average molecular weight is 354 g/mol. The topological polar surface area (TPSA) is 52.6 Å². The van der Waals surface area contributed by atoms with Crippen LogP contribution in [-0.2, 0) is 9.47 Å². The zero-order valence-corrected chi connectivity index (χ0v) is 15.4. The molecule has 2 rings (SSSR count). The van der Waals surface area contributed by atoms with Gasteiger partial charge < -0.3 is 9.47 Å². The number of ether oxygens (including phenoxy) is 2. The van der Waals surface area contributed by atoms with Crippen LogP contribution in [0.4, 0.5) is 0 Å². The van der Waals surface area contributed by atoms with Crippen molar-refractivity contribution in [2.45, 2.75) is 45.6 Å². The molecule has 2 aromatic rings. The molecule has 0 aliphatic carbocycles. The molecule has 138 valence electrons. The highest BCUT2D eigenvalue weighted by molar-refractivity contribution is 6.03. The molecule has 0 aliphatic rings. The standard InChI is InChI=1S/C22H26O4/c1-3-5-11-16-25-21(23)18-14-9-10-15-19(18)22(24)26-20(4-2)17-12-7-6-8-13-17/h6-10,12-15,20H,3-5,11,16H2,1-2H3. The first kappa shape index (κ1) is 19.7. The third kappa shape index (κ3) is 5.45. The summed E-state index contributed by atoms with van der Waals surface area (Å²) in [6.45, 7) is 4.40. The number of hydrogen-bond acceptors (Lipinski definition) is 4. The van der Waals surface area contributed by atoms with Crippen molar-refractivity contribution in [2.24, 2.45) is 0 Å². The number of carbonyl (C=O) groups excluding carboxylic acids is 2. The first-order valence-electron chi connectivity index (χ1n) is 9.19. The lowest BCUT2D eigenvalue weighted by molar-refractivity contribution is 0.0277. The molecule has 26 heavy (non-hydrogen) atoms. The van der Waals surface area contributed by atoms with Crippen molar-refractivity contribution < 1.29 is 19.1 Å². The zero-order valence-electron chi connectivity index (χ0n) is 15.4. The Balaban J connectivity index is 2.10. The van der Waals surface area contributed by atoms with Gasteiger partial charge in [0.1, 0.15) is 6.10 Å². The van der Waals surface area contributed by atoms with Gasteiger partial charge in [-0.15, -0.1) is 0 Å². The number of esters is 2. The summed E-state index contributed by atoms with van der Waals surface area (Å²) in [4.78, 5) is 25.0. The second kappa shape index (κ2) is 10.4. The molecule has 4 heteroatoms. The van der Waals surface area contributed by atoms with Crippen LogP contribution in [0.5, 0.6) is 0 Å². The van der Waals surface area contributed by atoms with Gasteiger partial charge in [-0.05, 0) is 30.5 Å². The molecule has 0 radical (unpaired) electrons. The summed E-state index contributed by atoms with van der Waals surface area (Å²) in [7, 11) is 0. The number of unbranched alkanes of at least 4 members (excludes halogenated alkanes) is 2. The van der Waals surface area contributed by atoms with Crippen molar-refractivity contribution in [3.63, 3.8) is 0 Å². The summed E-state index contributed by atoms with van der Waals surface area (Å²) in [5, 5.41) is 0. The molecular formula is C22H26O4. The van der Waals surface area contributed by atoms with E-state index in [2.05, 4.69) is 6.92 Å². The van der Waals surface area contributed by atoms with Crippen LogP contribution in [0.2, 0.25) is 0 Å². The summed E-state index contributed by atoms with van der Waals surface area (Å²) < 4.78 is 10.9. The Bertz CT molecular complexity index is 709. The van der Waals surface area contributed by atoms with E-state index in [1.807, 2.05) is 37.3 Å². The van der Waals surface area contributed by atoms with Gasteiger partial charge in [0.2, 0.25) is 0 Å². The van der Waals surface area contributed by atoms with Gasteiger partial charge in [-0.2, -0.15) is 0 Å². The van der Waals surface area contributed by atoms with Gasteiger partial charge in [0, 0.05) is 0 Å². The number of rotatable bonds is 9. The molecule has 0 spiro atoms. The van der Waals surface area contributed by atoms with E-state index in [1.54, 1.807) is 24.3 Å². The monoisotopic (exact) mass is 354 g/mol. The minimum atomic E-state index is -0.512. The Hall–Kier alpha value is -2.62. The molecule has 0 heterocycles. The first-order chi connectivity index (χ1) is 12.7. The third-order valence-corrected chi connectivity index (χ3v) is 4.14. The highest BCUT2D eigenvalue weighted by Gasteiger charge is 2.22. The normalized spacial score (nSPS) is 11.6. The quantitative estimate of drug-likeness (QED) is 0.450. The van der Waals surface area contributed by atoms with E-state index in [9.17, 15) is 9.59 Å². The minimum Gasteiger partial charge on any atom is -0.462 e. The van der Waals surface area contributed by atoms with Gasteiger partial charge in [0.05, 0.1) is 17.7 Å². The fourth-order valence-electron chi connectivity index (χ4n) is 2.68. The molecule has 0 aromatic heterocycles. The van der Waals surface area contributed by atoms with E-state index in [0.29, 0.717) is 13.0 Å². The van der Waals surface area contributed by atoms with Gasteiger partial charge >= 0.3 is 11.9 Å². The van der Waals surface area contributed by atoms with E-state index in [1.165, 1.54) is 0 Å². The maximum absolute atomic E-state index is 12.7. The number of hydrogen-bond donors (Lipinski definition) is 0. The fourth-order valence-corrected chi connectivity index (χ4v) is 2.68. The van der Waals surface area contributed by atoms with Crippen molar-refractivity contribution in [2.75, 3.05) is 6.61 Å². The molecule has 0 N–H and O–H groups in total. The molecule has 0 saturated carbocycles. The maximum Gasteiger partial charge on any atom is 0.339 e. The fraction of sp³-hybridized carbons (Fsp3) is 0.364. The van der Waals surface area contributed by atoms with Crippen LogP contribution in [0.1, 0.15) is 71.9 Å². The van der Waals surface area contributed by atoms with Crippen molar-refractivity contribution in [1.29, 1.82) is 0 Å². The van der Waals surface area contributed by atoms with Gasteiger partial charge in [0.15, 0.2) is 0 Å². The summed E-state index contributed by atoms with van der Waals surface area (Å²) in [5.41, 5.74) is 1.42. The largest absolute Gasteiger partial charge is 0.462 e. The molecule has 4 nitrogen and oxygen atoms in total. The molecule has 0 aliphatic heterocycles. The lowest BCUT2D eigenvalue weighted by Crippen LogP contribution is -2.16. The van der Waals surface area contributed by atoms with E-state index < -0.39 is 11.9 Å². The molecular weight excluding hydrogens is 328 g/mol. The smallest absolute Gasteiger partial charge is 0.339 e. The Labute approximate surface area is 155 Å². The van der Waals surface area contributed by atoms with Crippen molar-refractivity contribution in [3.05, 3.63) is 71.3 Å². The Morgan fingerprint density at radius 2 is 1.46 bits per heavy atom. The van der Waals surface area contributed by atoms with Gasteiger partial charge in [0.25, 0.3) is 0 Å². The van der Waals surface area contributed by atoms with Crippen LogP contribution in [0, 0.1) is 0 Å². The van der Waals surface area contributed by atoms with Gasteiger partial charge in [-0.25, -0.2) is 9.59 Å². The lowest BCUT2D eigenvalue weighted by atomic mass is 10.1. The molecule has 1 unspecified atom stereocenters. The van der Waals surface area contributed by atoms with Crippen LogP contribution in [0.25, 0.3) is 0 Å². The number of benzene rings is 2. The molecule has 0 bridgehead atoms. The van der Waals surface area contributed by atoms with E-state index in [-0.39, 0.29) is 17.2 Å². The summed E-state index contributed by atoms with van der Waals surface area (Å²) in [6.07, 6.45) is 3.18. The van der Waals surface area contributed by atoms with Crippen LogP contribution in [0.15, 0.2) is 54.6 Å². The molecule has 0 saturated heterocycles. The molecule has 0 amide bonds. The highest BCUT2D eigenvalue weighted by Crippen LogP contribution is 2.23. The van der Waals surface area contributed by atoms with E-state index >= 15 is 0 Å². The highest BCUT2D eigenvalue weighted by atomic mass is 16.5. The Morgan fingerprint density at radius 3 is 2.08 bits per heavy atom. The average Bonchev–Trinajstić information content (AvgIpc) is 2.69. The van der Waals surface area contributed by atoms with Crippen LogP contribution in [0.3, 0.4) is 0 Å². The minimum absolute atomic E-state index is 0.238. The zero-order chi connectivity index (χ0) is 18.8. The molecule has 1 atom stereocenters. The third-order valence-electron chi connectivity index (χ3n) is 4.14. The lowest BCUT2D eigenvalue weighted by Gasteiger charge is -2.17. The predicted octanol–water partition coefficient (Wildman–Crippen LogP) is 5.34. The summed E-state index contributed by atoms with van der Waals surface area (Å²) in [5.74, 6) is -0.997. The van der Waals surface area contributed by atoms with Crippen LogP contribution in [-0.4, -0.2) is 18.5 Å². The molecule has 0 fully saturated rings. The maximum atomic E-state index is 12.7. The number of carbonyl (C=O) groups is 2. The predicted molar refractivity (Wildman–Crippen MR) is 101 cm³/mol. The Morgan fingerprint density at radius 1 is 0.846 bits per heavy atom. The Kier molecular flexibility index (Phi) is 7.87. The van der Waals surface area contributed by atoms with E-state index in [4.69, 9.17) is 9.47 Å². The van der Waals surface area contributed by atoms with Gasteiger partial charge in [-0.1, -0.05) is 69.2 Å². The van der Waals surface area contributed by atoms with Crippen molar-refractivity contribution in [1.82, 2.24) is 0 Å². The van der Waals surface area contributed by atoms with Crippen molar-refractivity contribution in [3.8, 4) is 0 Å². The second-order valence-electron chi connectivity index (χ2n) is 6.10. The first-order valence-corrected chi connectivity index (χ1v) is 9.19. The summed E-state index contributed by atoms with van der Waals surface area (Å²) in [6, 6.07) is 16.2. The second-order valence-corrected chi connectivity index (χ2v) is 6.10. The van der Waals surface area contributed by atoms with Gasteiger partial charge in [-0.3, -0.25) is 0 Å². The molecule has 2 aromatic carbocycles. The van der Waals surface area contributed by atoms with Crippen molar-refractivity contribution >= 4 is 11.9 Å². The summed E-state index contributed by atoms with van der Waals surface area (Å²) >= 11 is 0.